The molecule has 96 valence electrons. The minimum Gasteiger partial charge on any atom is -0.329 e. The number of nitrogens with zero attached hydrogens (tertiary/aromatic N) is 1. The molecule has 1 saturated heterocycles. The first-order valence-electron chi connectivity index (χ1n) is 6.04. The Morgan fingerprint density at radius 3 is 2.94 bits per heavy atom. The maximum absolute atomic E-state index is 6.12. The highest BCUT2D eigenvalue weighted by Gasteiger charge is 2.27. The Morgan fingerprint density at radius 2 is 2.41 bits per heavy atom. The van der Waals surface area contributed by atoms with Crippen molar-refractivity contribution in [3.8, 4) is 0 Å². The molecule has 5 heteroatoms. The number of nitrogens with two attached hydrogens (primary N) is 1. The van der Waals surface area contributed by atoms with Gasteiger partial charge in [0.15, 0.2) is 0 Å². The first-order chi connectivity index (χ1) is 8.13. The lowest BCUT2D eigenvalue weighted by Gasteiger charge is -2.38. The molecule has 0 saturated carbocycles. The van der Waals surface area contributed by atoms with Crippen LogP contribution < -0.4 is 5.73 Å². The average molecular weight is 338 g/mol. The van der Waals surface area contributed by atoms with Crippen molar-refractivity contribution in [2.75, 3.05) is 13.1 Å². The summed E-state index contributed by atoms with van der Waals surface area (Å²) < 4.78 is 1.81. The maximum atomic E-state index is 6.12. The van der Waals surface area contributed by atoms with Gasteiger partial charge in [0.25, 0.3) is 0 Å². The van der Waals surface area contributed by atoms with Crippen LogP contribution in [0.5, 0.6) is 0 Å². The Morgan fingerprint density at radius 1 is 1.65 bits per heavy atom. The van der Waals surface area contributed by atoms with E-state index in [2.05, 4.69) is 33.8 Å². The second-order valence-corrected chi connectivity index (χ2v) is 7.14. The van der Waals surface area contributed by atoms with E-state index in [-0.39, 0.29) is 0 Å². The number of hydrogen-bond donors (Lipinski definition) is 1. The monoisotopic (exact) mass is 336 g/mol. The molecule has 0 aliphatic carbocycles. The topological polar surface area (TPSA) is 29.3 Å². The first-order valence-corrected chi connectivity index (χ1v) is 8.02. The highest BCUT2D eigenvalue weighted by atomic mass is 79.9. The molecule has 2 N–H and O–H groups in total. The van der Waals surface area contributed by atoms with Crippen molar-refractivity contribution in [3.05, 3.63) is 19.8 Å². The van der Waals surface area contributed by atoms with Gasteiger partial charge >= 0.3 is 0 Å². The number of thiophene rings is 1. The Balaban J connectivity index is 2.20. The summed E-state index contributed by atoms with van der Waals surface area (Å²) >= 11 is 11.2. The van der Waals surface area contributed by atoms with Gasteiger partial charge in [-0.05, 0) is 48.3 Å². The zero-order valence-corrected chi connectivity index (χ0v) is 13.1. The van der Waals surface area contributed by atoms with E-state index in [0.717, 1.165) is 15.4 Å². The van der Waals surface area contributed by atoms with Gasteiger partial charge in [-0.25, -0.2) is 0 Å². The molecule has 0 radical (unpaired) electrons. The minimum absolute atomic E-state index is 0.319. The molecular weight excluding hydrogens is 320 g/mol. The molecule has 0 amide bonds. The van der Waals surface area contributed by atoms with Crippen LogP contribution in [0.25, 0.3) is 0 Å². The van der Waals surface area contributed by atoms with Crippen molar-refractivity contribution in [1.82, 2.24) is 4.90 Å². The molecule has 1 aliphatic heterocycles. The molecule has 17 heavy (non-hydrogen) atoms. The van der Waals surface area contributed by atoms with Crippen LogP contribution in [0.1, 0.15) is 37.1 Å². The first kappa shape index (κ1) is 13.8. The summed E-state index contributed by atoms with van der Waals surface area (Å²) in [6.07, 6.45) is 3.89. The minimum atomic E-state index is 0.319. The van der Waals surface area contributed by atoms with Crippen molar-refractivity contribution in [3.63, 3.8) is 0 Å². The maximum Gasteiger partial charge on any atom is 0.107 e. The van der Waals surface area contributed by atoms with Crippen LogP contribution in [0, 0.1) is 0 Å². The van der Waals surface area contributed by atoms with E-state index in [1.54, 1.807) is 11.3 Å². The highest BCUT2D eigenvalue weighted by molar-refractivity contribution is 9.10. The number of hydrogen-bond acceptors (Lipinski definition) is 3. The van der Waals surface area contributed by atoms with Gasteiger partial charge < -0.3 is 5.73 Å². The summed E-state index contributed by atoms with van der Waals surface area (Å²) in [6.45, 7) is 4.11. The predicted octanol–water partition coefficient (Wildman–Crippen LogP) is 4.04. The van der Waals surface area contributed by atoms with Crippen LogP contribution >= 0.6 is 38.9 Å². The fourth-order valence-electron chi connectivity index (χ4n) is 2.53. The standard InChI is InChI=1S/C12H18BrClN2S/c1-8-4-2-3-5-16(8)10(7-15)11-6-9(13)12(14)17-11/h6,8,10H,2-5,7,15H2,1H3. The quantitative estimate of drug-likeness (QED) is 0.902. The van der Waals surface area contributed by atoms with Crippen molar-refractivity contribution in [2.45, 2.75) is 38.3 Å². The molecule has 0 spiro atoms. The van der Waals surface area contributed by atoms with Gasteiger partial charge in [-0.2, -0.15) is 0 Å². The van der Waals surface area contributed by atoms with E-state index >= 15 is 0 Å². The summed E-state index contributed by atoms with van der Waals surface area (Å²) in [5.74, 6) is 0. The Bertz CT molecular complexity index is 363. The van der Waals surface area contributed by atoms with Gasteiger partial charge in [-0.3, -0.25) is 4.90 Å². The third-order valence-corrected chi connectivity index (χ3v) is 6.05. The van der Waals surface area contributed by atoms with Crippen molar-refractivity contribution in [1.29, 1.82) is 0 Å². The van der Waals surface area contributed by atoms with Crippen LogP contribution in [0.2, 0.25) is 4.34 Å². The van der Waals surface area contributed by atoms with E-state index in [1.807, 2.05) is 0 Å². The molecule has 2 heterocycles. The van der Waals surface area contributed by atoms with Gasteiger partial charge in [0.05, 0.1) is 6.04 Å². The molecule has 2 unspecified atom stereocenters. The molecule has 2 atom stereocenters. The summed E-state index contributed by atoms with van der Waals surface area (Å²) in [6, 6.07) is 3.06. The van der Waals surface area contributed by atoms with Crippen molar-refractivity contribution >= 4 is 38.9 Å². The molecule has 2 nitrogen and oxygen atoms in total. The summed E-state index contributed by atoms with van der Waals surface area (Å²) in [5, 5.41) is 0. The number of piperidine rings is 1. The predicted molar refractivity (Wildman–Crippen MR) is 78.8 cm³/mol. The third-order valence-electron chi connectivity index (χ3n) is 3.47. The smallest absolute Gasteiger partial charge is 0.107 e. The SMILES string of the molecule is CC1CCCCN1C(CN)c1cc(Br)c(Cl)s1. The second kappa shape index (κ2) is 6.02. The summed E-state index contributed by atoms with van der Waals surface area (Å²) in [4.78, 5) is 3.80. The molecular formula is C12H18BrClN2S. The Kier molecular flexibility index (Phi) is 4.89. The van der Waals surface area contributed by atoms with Gasteiger partial charge in [0, 0.05) is 21.9 Å². The van der Waals surface area contributed by atoms with Crippen LogP contribution in [0.15, 0.2) is 10.5 Å². The van der Waals surface area contributed by atoms with E-state index in [0.29, 0.717) is 18.6 Å². The van der Waals surface area contributed by atoms with Crippen molar-refractivity contribution < 1.29 is 0 Å². The van der Waals surface area contributed by atoms with Gasteiger partial charge in [0.1, 0.15) is 4.34 Å². The normalized spacial score (nSPS) is 23.9. The number of rotatable bonds is 3. The van der Waals surface area contributed by atoms with E-state index in [4.69, 9.17) is 17.3 Å². The lowest BCUT2D eigenvalue weighted by molar-refractivity contribution is 0.110. The second-order valence-electron chi connectivity index (χ2n) is 4.60. The fraction of sp³-hybridized carbons (Fsp3) is 0.667. The summed E-state index contributed by atoms with van der Waals surface area (Å²) in [5.41, 5.74) is 5.96. The summed E-state index contributed by atoms with van der Waals surface area (Å²) in [7, 11) is 0. The molecule has 1 aromatic heterocycles. The van der Waals surface area contributed by atoms with E-state index in [9.17, 15) is 0 Å². The number of halogens is 2. The van der Waals surface area contributed by atoms with Crippen molar-refractivity contribution in [2.24, 2.45) is 5.73 Å². The Labute approximate surface area is 120 Å². The molecule has 2 rings (SSSR count). The zero-order chi connectivity index (χ0) is 12.4. The lowest BCUT2D eigenvalue weighted by Crippen LogP contribution is -2.42. The Hall–Kier alpha value is 0.390. The van der Waals surface area contributed by atoms with Gasteiger partial charge in [-0.15, -0.1) is 11.3 Å². The highest BCUT2D eigenvalue weighted by Crippen LogP contribution is 2.38. The molecule has 0 bridgehead atoms. The van der Waals surface area contributed by atoms with E-state index in [1.165, 1.54) is 24.1 Å². The molecule has 1 aromatic rings. The lowest BCUT2D eigenvalue weighted by atomic mass is 10.0. The largest absolute Gasteiger partial charge is 0.329 e. The van der Waals surface area contributed by atoms with Crippen LogP contribution in [0.4, 0.5) is 0 Å². The van der Waals surface area contributed by atoms with Crippen LogP contribution in [-0.2, 0) is 0 Å². The fourth-order valence-corrected chi connectivity index (χ4v) is 4.40. The molecule has 1 fully saturated rings. The average Bonchev–Trinajstić information content (AvgIpc) is 2.63. The zero-order valence-electron chi connectivity index (χ0n) is 9.96. The van der Waals surface area contributed by atoms with E-state index < -0.39 is 0 Å². The van der Waals surface area contributed by atoms with Gasteiger partial charge in [-0.1, -0.05) is 18.0 Å². The van der Waals surface area contributed by atoms with Gasteiger partial charge in [0.2, 0.25) is 0 Å². The molecule has 1 aliphatic rings. The van der Waals surface area contributed by atoms with Crippen LogP contribution in [-0.4, -0.2) is 24.0 Å². The number of likely N-dealkylation sites (tertiary alicyclic amines) is 1. The van der Waals surface area contributed by atoms with Crippen LogP contribution in [0.3, 0.4) is 0 Å². The molecule has 0 aromatic carbocycles. The third kappa shape index (κ3) is 3.04.